The van der Waals surface area contributed by atoms with Crippen LogP contribution in [0.15, 0.2) is 82.8 Å². The lowest BCUT2D eigenvalue weighted by Crippen LogP contribution is -2.21. The van der Waals surface area contributed by atoms with Crippen LogP contribution in [0.3, 0.4) is 0 Å². The van der Waals surface area contributed by atoms with Gasteiger partial charge in [-0.1, -0.05) is 37.6 Å². The molecule has 0 N–H and O–H groups in total. The molecule has 5 rings (SSSR count). The van der Waals surface area contributed by atoms with E-state index >= 15 is 0 Å². The Morgan fingerprint density at radius 1 is 1.00 bits per heavy atom. The first-order chi connectivity index (χ1) is 18.3. The van der Waals surface area contributed by atoms with Crippen LogP contribution in [0.5, 0.6) is 5.75 Å². The van der Waals surface area contributed by atoms with E-state index < -0.39 is 0 Å². The molecule has 2 aromatic heterocycles. The summed E-state index contributed by atoms with van der Waals surface area (Å²) in [5.74, 6) is 1.52. The molecule has 0 aliphatic rings. The second-order valence-electron chi connectivity index (χ2n) is 9.61. The molecule has 2 heterocycles. The van der Waals surface area contributed by atoms with Crippen molar-refractivity contribution in [2.75, 3.05) is 7.11 Å². The van der Waals surface area contributed by atoms with Crippen molar-refractivity contribution in [1.82, 2.24) is 14.2 Å². The number of methoxy groups -OCH3 is 1. The van der Waals surface area contributed by atoms with Crippen LogP contribution in [-0.4, -0.2) is 27.6 Å². The monoisotopic (exact) mass is 524 g/mol. The molecule has 38 heavy (non-hydrogen) atoms. The van der Waals surface area contributed by atoms with Gasteiger partial charge in [0.05, 0.1) is 29.9 Å². The average molecular weight is 525 g/mol. The zero-order chi connectivity index (χ0) is 27.0. The number of benzene rings is 3. The third kappa shape index (κ3) is 4.63. The highest BCUT2D eigenvalue weighted by Crippen LogP contribution is 2.34. The Hall–Kier alpha value is -4.16. The Labute approximate surface area is 226 Å². The molecule has 0 amide bonds. The fourth-order valence-corrected chi connectivity index (χ4v) is 4.72. The number of hydrogen-bond donors (Lipinski definition) is 0. The molecule has 3 aromatic carbocycles. The first kappa shape index (κ1) is 25.5. The Morgan fingerprint density at radius 2 is 1.79 bits per heavy atom. The van der Waals surface area contributed by atoms with Gasteiger partial charge in [-0.25, -0.2) is 4.98 Å². The van der Waals surface area contributed by atoms with Crippen molar-refractivity contribution < 1.29 is 4.74 Å². The van der Waals surface area contributed by atoms with E-state index in [1.165, 1.54) is 4.68 Å². The molecule has 7 heteroatoms. The lowest BCUT2D eigenvalue weighted by molar-refractivity contribution is 0.407. The fraction of sp³-hybridized carbons (Fsp3) is 0.194. The van der Waals surface area contributed by atoms with Crippen molar-refractivity contribution >= 4 is 28.7 Å². The predicted octanol–water partition coefficient (Wildman–Crippen LogP) is 7.14. The van der Waals surface area contributed by atoms with E-state index in [1.807, 2.05) is 79.2 Å². The zero-order valence-electron chi connectivity index (χ0n) is 22.1. The van der Waals surface area contributed by atoms with Gasteiger partial charge in [0.25, 0.3) is 5.56 Å². The maximum absolute atomic E-state index is 13.7. The summed E-state index contributed by atoms with van der Waals surface area (Å²) in [5.41, 5.74) is 5.95. The number of para-hydroxylation sites is 1. The molecule has 0 radical (unpaired) electrons. The summed E-state index contributed by atoms with van der Waals surface area (Å²) >= 11 is 6.24. The van der Waals surface area contributed by atoms with Crippen LogP contribution < -0.4 is 10.3 Å². The topological polar surface area (TPSA) is 61.4 Å². The summed E-state index contributed by atoms with van der Waals surface area (Å²) in [5, 5.41) is 5.92. The highest BCUT2D eigenvalue weighted by atomic mass is 35.5. The maximum atomic E-state index is 13.7. The standard InChI is InChI=1S/C31H29ClN4O2/c1-19(2)25-17-26(20(3)16-29(25)38-5)30-34-28-11-7-6-10-24(28)31(37)36(30)33-18-23-9-8-14-35(23)22-12-13-27(32)21(4)15-22/h6-19H,1-5H3. The molecule has 0 saturated heterocycles. The molecule has 0 atom stereocenters. The molecule has 6 nitrogen and oxygen atoms in total. The van der Waals surface area contributed by atoms with E-state index in [1.54, 1.807) is 19.4 Å². The number of aromatic nitrogens is 3. The molecule has 5 aromatic rings. The Balaban J connectivity index is 1.71. The van der Waals surface area contributed by atoms with E-state index in [4.69, 9.17) is 26.4 Å². The van der Waals surface area contributed by atoms with Crippen molar-refractivity contribution in [2.45, 2.75) is 33.6 Å². The molecular weight excluding hydrogens is 496 g/mol. The van der Waals surface area contributed by atoms with Crippen molar-refractivity contribution in [3.63, 3.8) is 0 Å². The number of aryl methyl sites for hydroxylation is 2. The first-order valence-electron chi connectivity index (χ1n) is 12.5. The van der Waals surface area contributed by atoms with Crippen LogP contribution in [-0.2, 0) is 0 Å². The SMILES string of the molecule is COc1cc(C)c(-c2nc3ccccc3c(=O)n2N=Cc2cccn2-c2ccc(Cl)c(C)c2)cc1C(C)C. The van der Waals surface area contributed by atoms with E-state index in [0.717, 1.165) is 39.4 Å². The van der Waals surface area contributed by atoms with E-state index in [-0.39, 0.29) is 11.5 Å². The molecule has 192 valence electrons. The largest absolute Gasteiger partial charge is 0.496 e. The van der Waals surface area contributed by atoms with E-state index in [0.29, 0.717) is 21.7 Å². The summed E-state index contributed by atoms with van der Waals surface area (Å²) < 4.78 is 9.04. The Bertz CT molecular complexity index is 1750. The van der Waals surface area contributed by atoms with Gasteiger partial charge in [-0.3, -0.25) is 4.79 Å². The van der Waals surface area contributed by atoms with E-state index in [9.17, 15) is 4.79 Å². The van der Waals surface area contributed by atoms with Crippen molar-refractivity contribution in [2.24, 2.45) is 5.10 Å². The minimum Gasteiger partial charge on any atom is -0.496 e. The molecule has 0 aliphatic carbocycles. The van der Waals surface area contributed by atoms with Gasteiger partial charge in [0.1, 0.15) is 5.75 Å². The highest BCUT2D eigenvalue weighted by molar-refractivity contribution is 6.31. The Morgan fingerprint density at radius 3 is 2.53 bits per heavy atom. The lowest BCUT2D eigenvalue weighted by Gasteiger charge is -2.17. The molecule has 0 bridgehead atoms. The summed E-state index contributed by atoms with van der Waals surface area (Å²) in [7, 11) is 1.67. The van der Waals surface area contributed by atoms with Gasteiger partial charge < -0.3 is 9.30 Å². The normalized spacial score (nSPS) is 11.7. The number of rotatable bonds is 6. The third-order valence-corrected chi connectivity index (χ3v) is 7.12. The van der Waals surface area contributed by atoms with Gasteiger partial charge in [0.15, 0.2) is 5.82 Å². The van der Waals surface area contributed by atoms with E-state index in [2.05, 4.69) is 19.9 Å². The van der Waals surface area contributed by atoms with Crippen molar-refractivity contribution in [3.8, 4) is 22.8 Å². The molecule has 0 spiro atoms. The third-order valence-electron chi connectivity index (χ3n) is 6.70. The minimum atomic E-state index is -0.233. The second-order valence-corrected chi connectivity index (χ2v) is 10.0. The van der Waals surface area contributed by atoms with Gasteiger partial charge in [-0.2, -0.15) is 9.78 Å². The molecular formula is C31H29ClN4O2. The summed E-state index contributed by atoms with van der Waals surface area (Å²) in [6.07, 6.45) is 3.64. The van der Waals surface area contributed by atoms with Gasteiger partial charge in [0, 0.05) is 22.5 Å². The average Bonchev–Trinajstić information content (AvgIpc) is 3.38. The van der Waals surface area contributed by atoms with Crippen LogP contribution in [0.2, 0.25) is 5.02 Å². The smallest absolute Gasteiger partial charge is 0.282 e. The van der Waals surface area contributed by atoms with Gasteiger partial charge in [-0.15, -0.1) is 0 Å². The van der Waals surface area contributed by atoms with Crippen LogP contribution in [0.1, 0.15) is 42.1 Å². The fourth-order valence-electron chi connectivity index (χ4n) is 4.60. The molecule has 0 saturated carbocycles. The zero-order valence-corrected chi connectivity index (χ0v) is 22.8. The van der Waals surface area contributed by atoms with Crippen LogP contribution in [0.4, 0.5) is 0 Å². The van der Waals surface area contributed by atoms with Gasteiger partial charge in [-0.05, 0) is 91.1 Å². The van der Waals surface area contributed by atoms with Crippen LogP contribution in [0.25, 0.3) is 28.0 Å². The number of hydrogen-bond acceptors (Lipinski definition) is 4. The van der Waals surface area contributed by atoms with Crippen molar-refractivity contribution in [1.29, 1.82) is 0 Å². The van der Waals surface area contributed by atoms with Crippen molar-refractivity contribution in [3.05, 3.63) is 111 Å². The Kier molecular flexibility index (Phi) is 6.91. The molecule has 0 fully saturated rings. The number of nitrogens with zero attached hydrogens (tertiary/aromatic N) is 4. The van der Waals surface area contributed by atoms with Crippen LogP contribution >= 0.6 is 11.6 Å². The molecule has 0 aliphatic heterocycles. The first-order valence-corrected chi connectivity index (χ1v) is 12.8. The summed E-state index contributed by atoms with van der Waals surface area (Å²) in [6, 6.07) is 21.1. The lowest BCUT2D eigenvalue weighted by atomic mass is 9.96. The van der Waals surface area contributed by atoms with Gasteiger partial charge in [0.2, 0.25) is 0 Å². The predicted molar refractivity (Wildman–Crippen MR) is 155 cm³/mol. The maximum Gasteiger partial charge on any atom is 0.282 e. The quantitative estimate of drug-likeness (QED) is 0.222. The summed E-state index contributed by atoms with van der Waals surface area (Å²) in [4.78, 5) is 18.6. The second kappa shape index (κ2) is 10.3. The van der Waals surface area contributed by atoms with Gasteiger partial charge >= 0.3 is 0 Å². The number of halogens is 1. The number of ether oxygens (including phenoxy) is 1. The number of fused-ring (bicyclic) bond motifs is 1. The summed E-state index contributed by atoms with van der Waals surface area (Å²) in [6.45, 7) is 8.19. The molecule has 0 unspecified atom stereocenters. The minimum absolute atomic E-state index is 0.222. The van der Waals surface area contributed by atoms with Crippen LogP contribution in [0, 0.1) is 13.8 Å². The highest BCUT2D eigenvalue weighted by Gasteiger charge is 2.18.